The first kappa shape index (κ1) is 15.4. The van der Waals surface area contributed by atoms with E-state index in [4.69, 9.17) is 0 Å². The van der Waals surface area contributed by atoms with Crippen molar-refractivity contribution < 1.29 is 9.90 Å². The van der Waals surface area contributed by atoms with Gasteiger partial charge in [0, 0.05) is 24.5 Å². The Morgan fingerprint density at radius 2 is 2.20 bits per heavy atom. The van der Waals surface area contributed by atoms with E-state index >= 15 is 0 Å². The molecule has 1 saturated heterocycles. The van der Waals surface area contributed by atoms with Crippen LogP contribution in [-0.4, -0.2) is 34.0 Å². The van der Waals surface area contributed by atoms with Crippen molar-refractivity contribution in [3.63, 3.8) is 0 Å². The van der Waals surface area contributed by atoms with Gasteiger partial charge in [-0.2, -0.15) is 0 Å². The lowest BCUT2D eigenvalue weighted by Gasteiger charge is -2.18. The van der Waals surface area contributed by atoms with Crippen LogP contribution in [0.3, 0.4) is 0 Å². The number of hydrogen-bond donors (Lipinski definition) is 1. The average molecular weight is 296 g/mol. The largest absolute Gasteiger partial charge is 0.481 e. The summed E-state index contributed by atoms with van der Waals surface area (Å²) in [5, 5.41) is 10.5. The van der Waals surface area contributed by atoms with E-state index in [1.807, 2.05) is 6.92 Å². The number of hydrogen-bond acceptors (Lipinski definition) is 4. The van der Waals surface area contributed by atoms with Crippen LogP contribution >= 0.6 is 11.3 Å². The van der Waals surface area contributed by atoms with Crippen molar-refractivity contribution in [3.05, 3.63) is 15.6 Å². The molecule has 1 fully saturated rings. The summed E-state index contributed by atoms with van der Waals surface area (Å²) >= 11 is 1.74. The van der Waals surface area contributed by atoms with Crippen LogP contribution < -0.4 is 0 Å². The number of likely N-dealkylation sites (tertiary alicyclic amines) is 1. The van der Waals surface area contributed by atoms with Crippen LogP contribution in [0.15, 0.2) is 0 Å². The fourth-order valence-corrected chi connectivity index (χ4v) is 4.16. The zero-order valence-corrected chi connectivity index (χ0v) is 13.5. The Morgan fingerprint density at radius 3 is 2.70 bits per heavy atom. The predicted octanol–water partition coefficient (Wildman–Crippen LogP) is 2.80. The quantitative estimate of drug-likeness (QED) is 0.908. The molecule has 1 aliphatic heterocycles. The van der Waals surface area contributed by atoms with Crippen molar-refractivity contribution in [1.29, 1.82) is 0 Å². The van der Waals surface area contributed by atoms with Gasteiger partial charge in [0.25, 0.3) is 0 Å². The molecule has 2 atom stereocenters. The van der Waals surface area contributed by atoms with Crippen molar-refractivity contribution in [2.75, 3.05) is 13.1 Å². The molecular formula is C15H24N2O2S. The minimum absolute atomic E-state index is 0.228. The average Bonchev–Trinajstić information content (AvgIpc) is 2.93. The normalized spacial score (nSPS) is 23.6. The fraction of sp³-hybridized carbons (Fsp3) is 0.733. The van der Waals surface area contributed by atoms with Crippen LogP contribution in [0.4, 0.5) is 0 Å². The van der Waals surface area contributed by atoms with Gasteiger partial charge in [0.15, 0.2) is 0 Å². The Labute approximate surface area is 124 Å². The maximum atomic E-state index is 11.4. The molecule has 1 aromatic heterocycles. The molecule has 2 rings (SSSR count). The lowest BCUT2D eigenvalue weighted by Crippen LogP contribution is -2.25. The van der Waals surface area contributed by atoms with Gasteiger partial charge in [0.1, 0.15) is 0 Å². The number of aromatic nitrogens is 1. The van der Waals surface area contributed by atoms with Gasteiger partial charge in [0.2, 0.25) is 0 Å². The van der Waals surface area contributed by atoms with Crippen molar-refractivity contribution in [3.8, 4) is 0 Å². The summed E-state index contributed by atoms with van der Waals surface area (Å²) in [5.74, 6) is -0.210. The lowest BCUT2D eigenvalue weighted by molar-refractivity contribution is -0.143. The highest BCUT2D eigenvalue weighted by Crippen LogP contribution is 2.32. The first-order valence-electron chi connectivity index (χ1n) is 7.32. The second-order valence-corrected chi connectivity index (χ2v) is 7.29. The topological polar surface area (TPSA) is 53.4 Å². The van der Waals surface area contributed by atoms with E-state index < -0.39 is 5.97 Å². The zero-order valence-electron chi connectivity index (χ0n) is 12.7. The molecule has 1 aromatic rings. The molecule has 0 radical (unpaired) electrons. The molecule has 0 saturated carbocycles. The predicted molar refractivity (Wildman–Crippen MR) is 81.0 cm³/mol. The van der Waals surface area contributed by atoms with E-state index in [1.165, 1.54) is 10.6 Å². The van der Waals surface area contributed by atoms with Gasteiger partial charge in [-0.25, -0.2) is 4.98 Å². The minimum Gasteiger partial charge on any atom is -0.481 e. The molecule has 20 heavy (non-hydrogen) atoms. The van der Waals surface area contributed by atoms with Gasteiger partial charge in [-0.3, -0.25) is 9.69 Å². The van der Waals surface area contributed by atoms with Crippen molar-refractivity contribution in [2.45, 2.75) is 40.7 Å². The third kappa shape index (κ3) is 3.20. The van der Waals surface area contributed by atoms with E-state index in [0.29, 0.717) is 12.5 Å². The van der Waals surface area contributed by atoms with Crippen LogP contribution in [0.25, 0.3) is 0 Å². The summed E-state index contributed by atoms with van der Waals surface area (Å²) in [6, 6.07) is 0. The molecule has 1 N–H and O–H groups in total. The Hall–Kier alpha value is -0.940. The number of aryl methyl sites for hydroxylation is 2. The monoisotopic (exact) mass is 296 g/mol. The summed E-state index contributed by atoms with van der Waals surface area (Å²) < 4.78 is 0. The molecule has 5 heteroatoms. The number of carbonyl (C=O) groups is 1. The van der Waals surface area contributed by atoms with Gasteiger partial charge in [-0.15, -0.1) is 11.3 Å². The van der Waals surface area contributed by atoms with E-state index in [1.54, 1.807) is 11.3 Å². The fourth-order valence-electron chi connectivity index (χ4n) is 3.09. The van der Waals surface area contributed by atoms with Crippen LogP contribution in [0, 0.1) is 24.7 Å². The molecule has 2 heterocycles. The third-order valence-corrected chi connectivity index (χ3v) is 5.20. The second-order valence-electron chi connectivity index (χ2n) is 6.00. The summed E-state index contributed by atoms with van der Waals surface area (Å²) in [4.78, 5) is 19.6. The molecule has 0 amide bonds. The van der Waals surface area contributed by atoms with E-state index in [-0.39, 0.29) is 11.8 Å². The Kier molecular flexibility index (Phi) is 4.81. The molecular weight excluding hydrogens is 272 g/mol. The Bertz CT molecular complexity index is 484. The van der Waals surface area contributed by atoms with Gasteiger partial charge in [-0.05, 0) is 25.2 Å². The van der Waals surface area contributed by atoms with E-state index in [2.05, 4.69) is 30.7 Å². The van der Waals surface area contributed by atoms with Crippen LogP contribution in [-0.2, 0) is 17.8 Å². The number of nitrogens with zero attached hydrogens (tertiary/aromatic N) is 2. The number of carboxylic acid groups (broad SMARTS) is 1. The Morgan fingerprint density at radius 1 is 1.50 bits per heavy atom. The van der Waals surface area contributed by atoms with Gasteiger partial charge in [-0.1, -0.05) is 20.8 Å². The number of thiazole rings is 1. The molecule has 0 bridgehead atoms. The standard InChI is InChI=1S/C15H24N2O2S/c1-5-13-14(20-10(4)16-13)8-17-6-11(9(2)3)12(7-17)15(18)19/h9,11-12H,5-8H2,1-4H3,(H,18,19)/t11-,12+/m0/s1. The maximum Gasteiger partial charge on any atom is 0.308 e. The van der Waals surface area contributed by atoms with Crippen LogP contribution in [0.5, 0.6) is 0 Å². The Balaban J connectivity index is 2.09. The summed E-state index contributed by atoms with van der Waals surface area (Å²) in [6.45, 7) is 10.8. The first-order chi connectivity index (χ1) is 9.42. The van der Waals surface area contributed by atoms with Crippen LogP contribution in [0.1, 0.15) is 36.3 Å². The minimum atomic E-state index is -0.651. The smallest absolute Gasteiger partial charge is 0.308 e. The van der Waals surface area contributed by atoms with Crippen molar-refractivity contribution in [1.82, 2.24) is 9.88 Å². The second kappa shape index (κ2) is 6.22. The molecule has 4 nitrogen and oxygen atoms in total. The molecule has 0 aliphatic carbocycles. The summed E-state index contributed by atoms with van der Waals surface area (Å²) in [6.07, 6.45) is 0.948. The lowest BCUT2D eigenvalue weighted by atomic mass is 9.86. The van der Waals surface area contributed by atoms with Gasteiger partial charge >= 0.3 is 5.97 Å². The van der Waals surface area contributed by atoms with Crippen molar-refractivity contribution >= 4 is 17.3 Å². The molecule has 0 unspecified atom stereocenters. The number of rotatable bonds is 5. The first-order valence-corrected chi connectivity index (χ1v) is 8.14. The highest BCUT2D eigenvalue weighted by molar-refractivity contribution is 7.11. The summed E-state index contributed by atoms with van der Waals surface area (Å²) in [7, 11) is 0. The van der Waals surface area contributed by atoms with Crippen LogP contribution in [0.2, 0.25) is 0 Å². The van der Waals surface area contributed by atoms with E-state index in [0.717, 1.165) is 24.5 Å². The molecule has 0 spiro atoms. The van der Waals surface area contributed by atoms with Gasteiger partial charge < -0.3 is 5.11 Å². The zero-order chi connectivity index (χ0) is 14.9. The number of carboxylic acids is 1. The third-order valence-electron chi connectivity index (χ3n) is 4.20. The highest BCUT2D eigenvalue weighted by Gasteiger charge is 2.39. The number of aliphatic carboxylic acids is 1. The SMILES string of the molecule is CCc1nc(C)sc1CN1C[C@@H](C(=O)O)[C@H](C(C)C)C1. The van der Waals surface area contributed by atoms with E-state index in [9.17, 15) is 9.90 Å². The van der Waals surface area contributed by atoms with Crippen molar-refractivity contribution in [2.24, 2.45) is 17.8 Å². The molecule has 1 aliphatic rings. The summed E-state index contributed by atoms with van der Waals surface area (Å²) in [5.41, 5.74) is 1.17. The molecule has 0 aromatic carbocycles. The molecule has 112 valence electrons. The highest BCUT2D eigenvalue weighted by atomic mass is 32.1. The maximum absolute atomic E-state index is 11.4. The van der Waals surface area contributed by atoms with Gasteiger partial charge in [0.05, 0.1) is 16.6 Å².